The van der Waals surface area contributed by atoms with Gasteiger partial charge >= 0.3 is 6.09 Å². The van der Waals surface area contributed by atoms with Crippen LogP contribution in [0, 0.1) is 13.8 Å². The summed E-state index contributed by atoms with van der Waals surface area (Å²) < 4.78 is 7.20. The Kier molecular flexibility index (Phi) is 8.13. The molecule has 8 nitrogen and oxygen atoms in total. The van der Waals surface area contributed by atoms with E-state index in [1.54, 1.807) is 0 Å². The topological polar surface area (TPSA) is 88.5 Å². The molecule has 0 saturated carbocycles. The average Bonchev–Trinajstić information content (AvgIpc) is 3.04. The fraction of sp³-hybridized carbons (Fsp3) is 0.560. The second-order valence-electron chi connectivity index (χ2n) is 9.66. The summed E-state index contributed by atoms with van der Waals surface area (Å²) in [5.41, 5.74) is 2.92. The highest BCUT2D eigenvalue weighted by Crippen LogP contribution is 2.23. The number of carbonyl (C=O) groups is 2. The number of amides is 2. The number of piperidine rings is 1. The number of para-hydroxylation sites is 1. The van der Waals surface area contributed by atoms with Crippen molar-refractivity contribution in [3.8, 4) is 5.69 Å². The molecule has 1 aromatic heterocycles. The molecule has 0 radical (unpaired) electrons. The van der Waals surface area contributed by atoms with Crippen LogP contribution in [-0.2, 0) is 9.53 Å². The third-order valence-corrected chi connectivity index (χ3v) is 5.81. The number of alkyl carbamates (subject to hydrolysis) is 1. The van der Waals surface area contributed by atoms with E-state index in [4.69, 9.17) is 4.74 Å². The smallest absolute Gasteiger partial charge is 0.407 e. The van der Waals surface area contributed by atoms with E-state index in [1.165, 1.54) is 0 Å². The summed E-state index contributed by atoms with van der Waals surface area (Å²) in [5, 5.41) is 10.5. The number of nitrogens with one attached hydrogen (secondary N) is 2. The zero-order valence-electron chi connectivity index (χ0n) is 20.5. The molecule has 3 rings (SSSR count). The first-order valence-corrected chi connectivity index (χ1v) is 11.8. The third-order valence-electron chi connectivity index (χ3n) is 5.81. The van der Waals surface area contributed by atoms with E-state index < -0.39 is 11.7 Å². The molecule has 0 bridgehead atoms. The Hall–Kier alpha value is -2.87. The van der Waals surface area contributed by atoms with Crippen molar-refractivity contribution in [3.63, 3.8) is 0 Å². The number of benzene rings is 1. The summed E-state index contributed by atoms with van der Waals surface area (Å²) in [6, 6.07) is 10.1. The van der Waals surface area contributed by atoms with Gasteiger partial charge in [-0.2, -0.15) is 5.10 Å². The van der Waals surface area contributed by atoms with Gasteiger partial charge in [0.25, 0.3) is 0 Å². The van der Waals surface area contributed by atoms with Gasteiger partial charge in [-0.3, -0.25) is 9.69 Å². The first kappa shape index (κ1) is 24.8. The SMILES string of the molecule is Cc1nn(-c2ccccc2)c(C)c1NC(=O)CCN1CCCCC1CNC(=O)OC(C)(C)C. The highest BCUT2D eigenvalue weighted by atomic mass is 16.6. The van der Waals surface area contributed by atoms with E-state index in [-0.39, 0.29) is 11.9 Å². The maximum atomic E-state index is 12.8. The normalized spacial score (nSPS) is 16.9. The van der Waals surface area contributed by atoms with Crippen LogP contribution in [0.3, 0.4) is 0 Å². The molecule has 2 aromatic rings. The Labute approximate surface area is 196 Å². The van der Waals surface area contributed by atoms with Crippen LogP contribution in [0.1, 0.15) is 57.8 Å². The van der Waals surface area contributed by atoms with Crippen molar-refractivity contribution in [2.45, 2.75) is 71.9 Å². The number of nitrogens with zero attached hydrogens (tertiary/aromatic N) is 3. The molecule has 1 atom stereocenters. The summed E-state index contributed by atoms with van der Waals surface area (Å²) >= 11 is 0. The van der Waals surface area contributed by atoms with Gasteiger partial charge < -0.3 is 15.4 Å². The maximum Gasteiger partial charge on any atom is 0.407 e. The molecule has 1 unspecified atom stereocenters. The zero-order chi connectivity index (χ0) is 24.0. The van der Waals surface area contributed by atoms with Crippen molar-refractivity contribution >= 4 is 17.7 Å². The van der Waals surface area contributed by atoms with Gasteiger partial charge in [0.1, 0.15) is 5.60 Å². The van der Waals surface area contributed by atoms with E-state index in [2.05, 4.69) is 20.6 Å². The number of anilines is 1. The fourth-order valence-electron chi connectivity index (χ4n) is 4.19. The number of aryl methyl sites for hydroxylation is 1. The largest absolute Gasteiger partial charge is 0.444 e. The van der Waals surface area contributed by atoms with E-state index in [9.17, 15) is 9.59 Å². The molecule has 8 heteroatoms. The molecule has 33 heavy (non-hydrogen) atoms. The molecule has 1 saturated heterocycles. The number of ether oxygens (including phenoxy) is 1. The lowest BCUT2D eigenvalue weighted by atomic mass is 10.0. The first-order chi connectivity index (χ1) is 15.6. The lowest BCUT2D eigenvalue weighted by molar-refractivity contribution is -0.116. The molecular formula is C25H37N5O3. The van der Waals surface area contributed by atoms with Gasteiger partial charge in [-0.1, -0.05) is 24.6 Å². The number of carbonyl (C=O) groups excluding carboxylic acids is 2. The van der Waals surface area contributed by atoms with Crippen LogP contribution in [0.5, 0.6) is 0 Å². The van der Waals surface area contributed by atoms with Crippen LogP contribution < -0.4 is 10.6 Å². The second kappa shape index (κ2) is 10.8. The summed E-state index contributed by atoms with van der Waals surface area (Å²) in [6.07, 6.45) is 3.22. The molecular weight excluding hydrogens is 418 g/mol. The fourth-order valence-corrected chi connectivity index (χ4v) is 4.19. The van der Waals surface area contributed by atoms with E-state index >= 15 is 0 Å². The Balaban J connectivity index is 1.54. The third kappa shape index (κ3) is 7.05. The minimum atomic E-state index is -0.515. The van der Waals surface area contributed by atoms with Crippen LogP contribution >= 0.6 is 0 Å². The molecule has 1 aromatic carbocycles. The average molecular weight is 456 g/mol. The van der Waals surface area contributed by atoms with Gasteiger partial charge in [0.15, 0.2) is 0 Å². The summed E-state index contributed by atoms with van der Waals surface area (Å²) in [7, 11) is 0. The molecule has 2 amide bonds. The number of likely N-dealkylation sites (tertiary alicyclic amines) is 1. The lowest BCUT2D eigenvalue weighted by Gasteiger charge is -2.35. The van der Waals surface area contributed by atoms with Crippen molar-refractivity contribution in [2.24, 2.45) is 0 Å². The van der Waals surface area contributed by atoms with Gasteiger partial charge in [0, 0.05) is 25.6 Å². The van der Waals surface area contributed by atoms with Gasteiger partial charge in [-0.05, 0) is 66.1 Å². The van der Waals surface area contributed by atoms with Crippen molar-refractivity contribution in [1.29, 1.82) is 0 Å². The molecule has 1 fully saturated rings. The molecule has 0 spiro atoms. The Morgan fingerprint density at radius 2 is 1.88 bits per heavy atom. The van der Waals surface area contributed by atoms with Crippen LogP contribution in [0.15, 0.2) is 30.3 Å². The summed E-state index contributed by atoms with van der Waals surface area (Å²) in [4.78, 5) is 27.1. The molecule has 1 aliphatic heterocycles. The molecule has 2 heterocycles. The van der Waals surface area contributed by atoms with Crippen molar-refractivity contribution < 1.29 is 14.3 Å². The van der Waals surface area contributed by atoms with Gasteiger partial charge in [-0.15, -0.1) is 0 Å². The Morgan fingerprint density at radius 1 is 1.15 bits per heavy atom. The number of hydrogen-bond donors (Lipinski definition) is 2. The van der Waals surface area contributed by atoms with Gasteiger partial charge in [0.2, 0.25) is 5.91 Å². The van der Waals surface area contributed by atoms with Crippen LogP contribution in [0.4, 0.5) is 10.5 Å². The van der Waals surface area contributed by atoms with Crippen molar-refractivity contribution in [3.05, 3.63) is 41.7 Å². The Bertz CT molecular complexity index is 949. The summed E-state index contributed by atoms with van der Waals surface area (Å²) in [5.74, 6) is -0.0294. The molecule has 180 valence electrons. The number of aromatic nitrogens is 2. The van der Waals surface area contributed by atoms with E-state index in [1.807, 2.05) is 69.6 Å². The monoisotopic (exact) mass is 455 g/mol. The van der Waals surface area contributed by atoms with Gasteiger partial charge in [0.05, 0.1) is 22.8 Å². The molecule has 1 aliphatic rings. The van der Waals surface area contributed by atoms with Crippen molar-refractivity contribution in [1.82, 2.24) is 20.0 Å². The van der Waals surface area contributed by atoms with Gasteiger partial charge in [-0.25, -0.2) is 9.48 Å². The van der Waals surface area contributed by atoms with E-state index in [0.29, 0.717) is 19.5 Å². The summed E-state index contributed by atoms with van der Waals surface area (Å²) in [6.45, 7) is 11.5. The Morgan fingerprint density at radius 3 is 2.58 bits per heavy atom. The minimum Gasteiger partial charge on any atom is -0.444 e. The predicted octanol–water partition coefficient (Wildman–Crippen LogP) is 4.20. The number of hydrogen-bond acceptors (Lipinski definition) is 5. The highest BCUT2D eigenvalue weighted by molar-refractivity contribution is 5.92. The van der Waals surface area contributed by atoms with Crippen molar-refractivity contribution in [2.75, 3.05) is 25.0 Å². The minimum absolute atomic E-state index is 0.0294. The van der Waals surface area contributed by atoms with Crippen LogP contribution in [0.2, 0.25) is 0 Å². The molecule has 2 N–H and O–H groups in total. The number of rotatable bonds is 7. The van der Waals surface area contributed by atoms with Crippen LogP contribution in [0.25, 0.3) is 5.69 Å². The lowest BCUT2D eigenvalue weighted by Crippen LogP contribution is -2.48. The van der Waals surface area contributed by atoms with E-state index in [0.717, 1.165) is 48.6 Å². The van der Waals surface area contributed by atoms with Crippen LogP contribution in [-0.4, -0.2) is 58.0 Å². The standard InChI is InChI=1S/C25H37N5O3/c1-18-23(19(2)30(28-18)20-11-7-6-8-12-20)27-22(31)14-16-29-15-10-9-13-21(29)17-26-24(32)33-25(3,4)5/h6-8,11-12,21H,9-10,13-17H2,1-5H3,(H,26,32)(H,27,31). The highest BCUT2D eigenvalue weighted by Gasteiger charge is 2.25. The quantitative estimate of drug-likeness (QED) is 0.653. The maximum absolute atomic E-state index is 12.8. The molecule has 0 aliphatic carbocycles. The predicted molar refractivity (Wildman–Crippen MR) is 130 cm³/mol. The zero-order valence-corrected chi connectivity index (χ0v) is 20.5. The second-order valence-corrected chi connectivity index (χ2v) is 9.66. The first-order valence-electron chi connectivity index (χ1n) is 11.8.